The van der Waals surface area contributed by atoms with Crippen molar-refractivity contribution in [1.29, 1.82) is 5.26 Å². The van der Waals surface area contributed by atoms with Crippen molar-refractivity contribution in [3.63, 3.8) is 0 Å². The van der Waals surface area contributed by atoms with Crippen LogP contribution >= 0.6 is 11.3 Å². The van der Waals surface area contributed by atoms with Crippen LogP contribution in [0.15, 0.2) is 29.6 Å². The molecule has 0 aliphatic carbocycles. The molecule has 1 fully saturated rings. The molecule has 0 radical (unpaired) electrons. The second-order valence-corrected chi connectivity index (χ2v) is 6.00. The Morgan fingerprint density at radius 3 is 2.68 bits per heavy atom. The van der Waals surface area contributed by atoms with Crippen LogP contribution in [0.25, 0.3) is 11.3 Å². The Hall–Kier alpha value is -2.39. The predicted octanol–water partition coefficient (Wildman–Crippen LogP) is 2.35. The minimum Gasteiger partial charge on any atom is -0.345 e. The van der Waals surface area contributed by atoms with Gasteiger partial charge in [-0.15, -0.1) is 11.3 Å². The first-order chi connectivity index (χ1) is 10.7. The first-order valence-electron chi connectivity index (χ1n) is 7.14. The van der Waals surface area contributed by atoms with Crippen LogP contribution in [0.5, 0.6) is 0 Å². The molecule has 2 aromatic rings. The van der Waals surface area contributed by atoms with E-state index in [1.165, 1.54) is 0 Å². The van der Waals surface area contributed by atoms with Crippen molar-refractivity contribution in [2.24, 2.45) is 0 Å². The van der Waals surface area contributed by atoms with Crippen LogP contribution in [0.4, 0.5) is 5.13 Å². The molecule has 0 N–H and O–H groups in total. The summed E-state index contributed by atoms with van der Waals surface area (Å²) in [6.07, 6.45) is 0. The molecular weight excluding hydrogens is 296 g/mol. The lowest BCUT2D eigenvalue weighted by Gasteiger charge is -2.33. The van der Waals surface area contributed by atoms with E-state index in [0.29, 0.717) is 5.56 Å². The molecule has 1 aliphatic heterocycles. The number of carbonyl (C=O) groups excluding carboxylic acids is 1. The van der Waals surface area contributed by atoms with Crippen molar-refractivity contribution in [1.82, 2.24) is 9.88 Å². The molecule has 1 saturated heterocycles. The van der Waals surface area contributed by atoms with Crippen LogP contribution < -0.4 is 4.90 Å². The van der Waals surface area contributed by atoms with Crippen LogP contribution in [-0.4, -0.2) is 42.0 Å². The van der Waals surface area contributed by atoms with Crippen molar-refractivity contribution in [3.05, 3.63) is 35.2 Å². The van der Waals surface area contributed by atoms with E-state index in [9.17, 15) is 10.1 Å². The molecule has 5 nitrogen and oxygen atoms in total. The molecule has 0 unspecified atom stereocenters. The normalized spacial score (nSPS) is 14.7. The molecule has 2 heterocycles. The van der Waals surface area contributed by atoms with Crippen LogP contribution in [-0.2, 0) is 4.79 Å². The molecule has 0 spiro atoms. The summed E-state index contributed by atoms with van der Waals surface area (Å²) in [5.74, 6) is 0.127. The highest BCUT2D eigenvalue weighted by Gasteiger charge is 2.21. The molecule has 1 aromatic heterocycles. The van der Waals surface area contributed by atoms with Gasteiger partial charge in [0.2, 0.25) is 5.91 Å². The summed E-state index contributed by atoms with van der Waals surface area (Å²) in [5.41, 5.74) is 2.35. The number of piperazine rings is 1. The van der Waals surface area contributed by atoms with Gasteiger partial charge in [0.25, 0.3) is 0 Å². The summed E-state index contributed by atoms with van der Waals surface area (Å²) in [7, 11) is 0. The average Bonchev–Trinajstić information content (AvgIpc) is 3.04. The monoisotopic (exact) mass is 312 g/mol. The molecule has 112 valence electrons. The zero-order valence-electron chi connectivity index (χ0n) is 12.3. The van der Waals surface area contributed by atoms with Gasteiger partial charge in [0, 0.05) is 44.0 Å². The van der Waals surface area contributed by atoms with Gasteiger partial charge in [-0.1, -0.05) is 18.2 Å². The molecule has 6 heteroatoms. The van der Waals surface area contributed by atoms with Gasteiger partial charge >= 0.3 is 0 Å². The third-order valence-corrected chi connectivity index (χ3v) is 4.71. The quantitative estimate of drug-likeness (QED) is 0.854. The van der Waals surface area contributed by atoms with Gasteiger partial charge in [-0.2, -0.15) is 5.26 Å². The Bertz CT molecular complexity index is 726. The van der Waals surface area contributed by atoms with Gasteiger partial charge in [0.05, 0.1) is 17.3 Å². The van der Waals surface area contributed by atoms with Gasteiger partial charge in [-0.05, 0) is 6.07 Å². The number of nitrogens with zero attached hydrogens (tertiary/aromatic N) is 4. The average molecular weight is 312 g/mol. The number of benzene rings is 1. The van der Waals surface area contributed by atoms with E-state index in [2.05, 4.69) is 16.0 Å². The van der Waals surface area contributed by atoms with E-state index in [0.717, 1.165) is 42.6 Å². The number of hydrogen-bond acceptors (Lipinski definition) is 5. The fourth-order valence-electron chi connectivity index (χ4n) is 2.55. The summed E-state index contributed by atoms with van der Waals surface area (Å²) in [6, 6.07) is 9.71. The lowest BCUT2D eigenvalue weighted by Crippen LogP contribution is -2.48. The van der Waals surface area contributed by atoms with E-state index in [4.69, 9.17) is 0 Å². The van der Waals surface area contributed by atoms with E-state index in [-0.39, 0.29) is 5.91 Å². The predicted molar refractivity (Wildman–Crippen MR) is 86.7 cm³/mol. The minimum atomic E-state index is 0.127. The Morgan fingerprint density at radius 1 is 1.27 bits per heavy atom. The highest BCUT2D eigenvalue weighted by atomic mass is 32.1. The highest BCUT2D eigenvalue weighted by Crippen LogP contribution is 2.29. The van der Waals surface area contributed by atoms with Crippen molar-refractivity contribution >= 4 is 22.4 Å². The summed E-state index contributed by atoms with van der Waals surface area (Å²) < 4.78 is 0. The van der Waals surface area contributed by atoms with Crippen molar-refractivity contribution in [2.45, 2.75) is 6.92 Å². The second-order valence-electron chi connectivity index (χ2n) is 5.17. The number of thiazole rings is 1. The first kappa shape index (κ1) is 14.5. The molecule has 1 aliphatic rings. The minimum absolute atomic E-state index is 0.127. The second kappa shape index (κ2) is 6.16. The number of hydrogen-bond donors (Lipinski definition) is 0. The summed E-state index contributed by atoms with van der Waals surface area (Å²) in [5, 5.41) is 12.1. The molecule has 0 bridgehead atoms. The maximum atomic E-state index is 11.4. The maximum absolute atomic E-state index is 11.4. The van der Waals surface area contributed by atoms with Crippen LogP contribution in [0.1, 0.15) is 12.5 Å². The standard InChI is InChI=1S/C16H16N4OS/c1-12(21)19-6-8-20(9-7-19)16-18-15(11-22-16)14-5-3-2-4-13(14)10-17/h2-5,11H,6-9H2,1H3. The molecule has 1 amide bonds. The SMILES string of the molecule is CC(=O)N1CCN(c2nc(-c3ccccc3C#N)cs2)CC1. The maximum Gasteiger partial charge on any atom is 0.219 e. The number of amides is 1. The number of rotatable bonds is 2. The molecule has 1 aromatic carbocycles. The van der Waals surface area contributed by atoms with E-state index >= 15 is 0 Å². The number of anilines is 1. The number of carbonyl (C=O) groups is 1. The Balaban J connectivity index is 1.78. The van der Waals surface area contributed by atoms with Gasteiger partial charge < -0.3 is 9.80 Å². The summed E-state index contributed by atoms with van der Waals surface area (Å²) in [4.78, 5) is 20.1. The van der Waals surface area contributed by atoms with Gasteiger partial charge in [-0.3, -0.25) is 4.79 Å². The molecule has 3 rings (SSSR count). The third kappa shape index (κ3) is 2.81. The molecule has 0 atom stereocenters. The van der Waals surface area contributed by atoms with Crippen molar-refractivity contribution < 1.29 is 4.79 Å². The zero-order chi connectivity index (χ0) is 15.5. The summed E-state index contributed by atoms with van der Waals surface area (Å²) >= 11 is 1.58. The fourth-order valence-corrected chi connectivity index (χ4v) is 3.43. The van der Waals surface area contributed by atoms with Crippen LogP contribution in [0.2, 0.25) is 0 Å². The smallest absolute Gasteiger partial charge is 0.219 e. The zero-order valence-corrected chi connectivity index (χ0v) is 13.1. The van der Waals surface area contributed by atoms with Crippen LogP contribution in [0.3, 0.4) is 0 Å². The Morgan fingerprint density at radius 2 is 2.00 bits per heavy atom. The highest BCUT2D eigenvalue weighted by molar-refractivity contribution is 7.14. The lowest BCUT2D eigenvalue weighted by atomic mass is 10.1. The molecular formula is C16H16N4OS. The molecule has 0 saturated carbocycles. The molecule has 22 heavy (non-hydrogen) atoms. The first-order valence-corrected chi connectivity index (χ1v) is 8.02. The van der Waals surface area contributed by atoms with E-state index in [1.807, 2.05) is 28.5 Å². The van der Waals surface area contributed by atoms with Crippen molar-refractivity contribution in [3.8, 4) is 17.3 Å². The summed E-state index contributed by atoms with van der Waals surface area (Å²) in [6.45, 7) is 4.67. The fraction of sp³-hybridized carbons (Fsp3) is 0.312. The topological polar surface area (TPSA) is 60.2 Å². The van der Waals surface area contributed by atoms with Gasteiger partial charge in [0.15, 0.2) is 5.13 Å². The largest absolute Gasteiger partial charge is 0.345 e. The van der Waals surface area contributed by atoms with Gasteiger partial charge in [0.1, 0.15) is 0 Å². The van der Waals surface area contributed by atoms with Crippen LogP contribution in [0, 0.1) is 11.3 Å². The Kier molecular flexibility index (Phi) is 4.07. The lowest BCUT2D eigenvalue weighted by molar-refractivity contribution is -0.129. The van der Waals surface area contributed by atoms with E-state index in [1.54, 1.807) is 24.3 Å². The Labute approximate surface area is 133 Å². The number of nitriles is 1. The third-order valence-electron chi connectivity index (χ3n) is 3.81. The van der Waals surface area contributed by atoms with E-state index < -0.39 is 0 Å². The van der Waals surface area contributed by atoms with Gasteiger partial charge in [-0.25, -0.2) is 4.98 Å². The van der Waals surface area contributed by atoms with Crippen molar-refractivity contribution in [2.75, 3.05) is 31.1 Å². The number of aromatic nitrogens is 1.